The number of benzene rings is 5. The van der Waals surface area contributed by atoms with E-state index in [9.17, 15) is 10.2 Å². The topological polar surface area (TPSA) is 40.5 Å². The lowest BCUT2D eigenvalue weighted by Crippen LogP contribution is -2.16. The van der Waals surface area contributed by atoms with E-state index in [2.05, 4.69) is 77.9 Å². The van der Waals surface area contributed by atoms with Crippen molar-refractivity contribution in [2.75, 3.05) is 0 Å². The highest BCUT2D eigenvalue weighted by Gasteiger charge is 2.33. The van der Waals surface area contributed by atoms with E-state index in [1.807, 2.05) is 24.3 Å². The zero-order valence-corrected chi connectivity index (χ0v) is 21.7. The summed E-state index contributed by atoms with van der Waals surface area (Å²) in [6.45, 7) is 13.8. The van der Waals surface area contributed by atoms with Crippen molar-refractivity contribution < 1.29 is 10.2 Å². The molecule has 0 saturated heterocycles. The van der Waals surface area contributed by atoms with E-state index in [0.717, 1.165) is 21.5 Å². The molecule has 0 aromatic heterocycles. The maximum Gasteiger partial charge on any atom is 0.123 e. The Labute approximate surface area is 210 Å². The van der Waals surface area contributed by atoms with Crippen molar-refractivity contribution in [3.63, 3.8) is 0 Å². The molecule has 2 heteroatoms. The average Bonchev–Trinajstić information content (AvgIpc) is 3.31. The maximum absolute atomic E-state index is 10.8. The molecule has 2 N–H and O–H groups in total. The van der Waals surface area contributed by atoms with Gasteiger partial charge in [0, 0.05) is 21.5 Å². The van der Waals surface area contributed by atoms with Crippen molar-refractivity contribution in [1.82, 2.24) is 0 Å². The molecule has 0 unspecified atom stereocenters. The van der Waals surface area contributed by atoms with Gasteiger partial charge in [0.25, 0.3) is 0 Å². The Kier molecular flexibility index (Phi) is 3.88. The third-order valence-corrected chi connectivity index (χ3v) is 8.11. The second-order valence-electron chi connectivity index (χ2n) is 12.5. The van der Waals surface area contributed by atoms with Crippen LogP contribution in [-0.4, -0.2) is 10.2 Å². The molecule has 0 aliphatic carbocycles. The van der Waals surface area contributed by atoms with Crippen LogP contribution in [0.5, 0.6) is 11.5 Å². The fourth-order valence-corrected chi connectivity index (χ4v) is 6.94. The normalized spacial score (nSPS) is 13.5. The quantitative estimate of drug-likeness (QED) is 0.232. The van der Waals surface area contributed by atoms with Gasteiger partial charge in [-0.25, -0.2) is 0 Å². The van der Waals surface area contributed by atoms with Crippen LogP contribution >= 0.6 is 0 Å². The molecule has 7 aromatic carbocycles. The summed E-state index contributed by atoms with van der Waals surface area (Å²) in [5.41, 5.74) is 2.41. The summed E-state index contributed by atoms with van der Waals surface area (Å²) in [6.07, 6.45) is 0. The van der Waals surface area contributed by atoms with E-state index in [1.165, 1.54) is 54.2 Å². The van der Waals surface area contributed by atoms with Crippen LogP contribution in [0.1, 0.15) is 52.7 Å². The van der Waals surface area contributed by atoms with E-state index in [0.29, 0.717) is 11.5 Å². The predicted molar refractivity (Wildman–Crippen MR) is 155 cm³/mol. The van der Waals surface area contributed by atoms with Gasteiger partial charge in [-0.3, -0.25) is 0 Å². The molecule has 7 rings (SSSR count). The molecule has 0 amide bonds. The summed E-state index contributed by atoms with van der Waals surface area (Å²) < 4.78 is 0. The zero-order valence-electron chi connectivity index (χ0n) is 21.7. The lowest BCUT2D eigenvalue weighted by atomic mass is 9.75. The Morgan fingerprint density at radius 2 is 0.694 bits per heavy atom. The van der Waals surface area contributed by atoms with Gasteiger partial charge in [0.05, 0.1) is 0 Å². The van der Waals surface area contributed by atoms with Gasteiger partial charge in [-0.1, -0.05) is 90.1 Å². The van der Waals surface area contributed by atoms with Gasteiger partial charge in [-0.05, 0) is 77.2 Å². The van der Waals surface area contributed by atoms with Crippen LogP contribution in [0.15, 0.2) is 60.7 Å². The molecule has 36 heavy (non-hydrogen) atoms. The molecule has 7 aromatic rings. The average molecular weight is 471 g/mol. The second-order valence-corrected chi connectivity index (χ2v) is 12.5. The Morgan fingerprint density at radius 3 is 1.03 bits per heavy atom. The molecule has 0 radical (unpaired) electrons. The fourth-order valence-electron chi connectivity index (χ4n) is 6.94. The first-order valence-corrected chi connectivity index (χ1v) is 12.8. The Bertz CT molecular complexity index is 1810. The van der Waals surface area contributed by atoms with Gasteiger partial charge >= 0.3 is 0 Å². The first kappa shape index (κ1) is 21.5. The molecular weight excluding hydrogens is 440 g/mol. The number of fused-ring (bicyclic) bond motifs is 6. The molecule has 0 aliphatic rings. The highest BCUT2D eigenvalue weighted by Crippen LogP contribution is 2.55. The molecule has 0 atom stereocenters. The van der Waals surface area contributed by atoms with E-state index < -0.39 is 0 Å². The minimum Gasteiger partial charge on any atom is -0.507 e. The smallest absolute Gasteiger partial charge is 0.123 e. The summed E-state index contributed by atoms with van der Waals surface area (Å²) in [4.78, 5) is 0. The fraction of sp³-hybridized carbons (Fsp3) is 0.235. The van der Waals surface area contributed by atoms with Crippen molar-refractivity contribution >= 4 is 64.6 Å². The standard InChI is InChI=1S/C34H30O2/c1-33(2,3)31-27-19-11-7-9-17-24(36)16-14-22(25(17)19)30(27)32(34(4,5)6)28-20-12-8-10-18-23(35)15-13-21(26(18)20)29(28)31/h7-16,35-36H,1-6H3. The number of aromatic hydroxyl groups is 2. The van der Waals surface area contributed by atoms with Gasteiger partial charge < -0.3 is 10.2 Å². The van der Waals surface area contributed by atoms with Crippen molar-refractivity contribution in [1.29, 1.82) is 0 Å². The van der Waals surface area contributed by atoms with E-state index in [1.54, 1.807) is 0 Å². The number of hydrogen-bond acceptors (Lipinski definition) is 2. The van der Waals surface area contributed by atoms with Gasteiger partial charge in [-0.15, -0.1) is 0 Å². The highest BCUT2D eigenvalue weighted by atomic mass is 16.3. The summed E-state index contributed by atoms with van der Waals surface area (Å²) in [7, 11) is 0. The van der Waals surface area contributed by atoms with Crippen LogP contribution in [-0.2, 0) is 10.8 Å². The van der Waals surface area contributed by atoms with Gasteiger partial charge in [-0.2, -0.15) is 0 Å². The zero-order chi connectivity index (χ0) is 25.3. The summed E-state index contributed by atoms with van der Waals surface area (Å²) >= 11 is 0. The first-order valence-electron chi connectivity index (χ1n) is 12.8. The molecule has 0 aliphatic heterocycles. The van der Waals surface area contributed by atoms with E-state index in [4.69, 9.17) is 0 Å². The maximum atomic E-state index is 10.8. The molecule has 0 heterocycles. The van der Waals surface area contributed by atoms with E-state index >= 15 is 0 Å². The molecule has 0 spiro atoms. The molecule has 0 fully saturated rings. The Hall–Kier alpha value is -3.78. The summed E-state index contributed by atoms with van der Waals surface area (Å²) in [6, 6.07) is 20.6. The number of rotatable bonds is 0. The molecule has 2 nitrogen and oxygen atoms in total. The van der Waals surface area contributed by atoms with Crippen LogP contribution in [0.4, 0.5) is 0 Å². The Balaban J connectivity index is 1.97. The van der Waals surface area contributed by atoms with Gasteiger partial charge in [0.1, 0.15) is 11.5 Å². The SMILES string of the molecule is CC(C)(C)c1c2c3cccc4c(O)ccc(c2c(C(C)(C)C)c2c5cccc6c(O)ccc(c12)c65)c43. The van der Waals surface area contributed by atoms with Crippen LogP contribution in [0.3, 0.4) is 0 Å². The van der Waals surface area contributed by atoms with Crippen molar-refractivity contribution in [3.05, 3.63) is 71.8 Å². The van der Waals surface area contributed by atoms with Crippen molar-refractivity contribution in [2.24, 2.45) is 0 Å². The van der Waals surface area contributed by atoms with Crippen LogP contribution in [0.2, 0.25) is 0 Å². The van der Waals surface area contributed by atoms with Crippen molar-refractivity contribution in [2.45, 2.75) is 52.4 Å². The minimum absolute atomic E-state index is 0.136. The lowest BCUT2D eigenvalue weighted by Gasteiger charge is -2.29. The minimum atomic E-state index is -0.136. The lowest BCUT2D eigenvalue weighted by molar-refractivity contribution is 0.481. The third kappa shape index (κ3) is 2.47. The largest absolute Gasteiger partial charge is 0.507 e. The Morgan fingerprint density at radius 1 is 0.389 bits per heavy atom. The van der Waals surface area contributed by atoms with Gasteiger partial charge in [0.2, 0.25) is 0 Å². The second kappa shape index (κ2) is 6.50. The monoisotopic (exact) mass is 470 g/mol. The molecule has 0 bridgehead atoms. The summed E-state index contributed by atoms with van der Waals surface area (Å²) in [5.74, 6) is 0.660. The summed E-state index contributed by atoms with van der Waals surface area (Å²) in [5, 5.41) is 35.7. The van der Waals surface area contributed by atoms with Crippen LogP contribution in [0.25, 0.3) is 64.6 Å². The highest BCUT2D eigenvalue weighted by molar-refractivity contribution is 6.41. The number of phenolic OH excluding ortho intramolecular Hbond substituents is 2. The van der Waals surface area contributed by atoms with Crippen LogP contribution in [0, 0.1) is 0 Å². The first-order chi connectivity index (χ1) is 17.0. The third-order valence-electron chi connectivity index (χ3n) is 8.11. The molecular formula is C34H30O2. The van der Waals surface area contributed by atoms with Crippen molar-refractivity contribution in [3.8, 4) is 11.5 Å². The molecule has 178 valence electrons. The number of hydrogen-bond donors (Lipinski definition) is 2. The number of phenols is 2. The predicted octanol–water partition coefficient (Wildman–Crippen LogP) is 9.49. The van der Waals surface area contributed by atoms with E-state index in [-0.39, 0.29) is 10.8 Å². The van der Waals surface area contributed by atoms with Gasteiger partial charge in [0.15, 0.2) is 0 Å². The van der Waals surface area contributed by atoms with Crippen LogP contribution < -0.4 is 0 Å². The molecule has 0 saturated carbocycles.